The molecule has 0 spiro atoms. The van der Waals surface area contributed by atoms with Gasteiger partial charge in [-0.15, -0.1) is 0 Å². The maximum Gasteiger partial charge on any atom is 0.186 e. The van der Waals surface area contributed by atoms with Gasteiger partial charge in [0.15, 0.2) is 8.32 Å². The Hall–Kier alpha value is 0.0569. The summed E-state index contributed by atoms with van der Waals surface area (Å²) in [6.07, 6.45) is 0.153. The maximum absolute atomic E-state index is 9.71. The van der Waals surface area contributed by atoms with Gasteiger partial charge in [0.1, 0.15) is 5.60 Å². The van der Waals surface area contributed by atoms with Gasteiger partial charge in [-0.25, -0.2) is 0 Å². The largest absolute Gasteiger partial charge is 0.420 e. The van der Waals surface area contributed by atoms with E-state index in [9.17, 15) is 10.2 Å². The lowest BCUT2D eigenvalue weighted by molar-refractivity contribution is -0.102. The van der Waals surface area contributed by atoms with Crippen LogP contribution in [0.15, 0.2) is 0 Å². The molecule has 0 radical (unpaired) electrons. The molecule has 0 amide bonds. The fraction of sp³-hybridized carbons (Fsp3) is 1.00. The van der Waals surface area contributed by atoms with Crippen LogP contribution in [-0.4, -0.2) is 50.6 Å². The second kappa shape index (κ2) is 6.71. The Balaban J connectivity index is 3.62. The molecule has 0 saturated carbocycles. The minimum absolute atomic E-state index is 0.166. The number of hydrogen-bond donors (Lipinski definition) is 2. The molecule has 0 aliphatic carbocycles. The summed E-state index contributed by atoms with van der Waals surface area (Å²) in [6.45, 7) is 8.23. The van der Waals surface area contributed by atoms with Crippen molar-refractivity contribution in [3.8, 4) is 0 Å². The zero-order chi connectivity index (χ0) is 12.8. The number of aliphatic hydroxyl groups excluding tert-OH is 1. The van der Waals surface area contributed by atoms with Crippen LogP contribution in [0.5, 0.6) is 0 Å². The second-order valence-corrected chi connectivity index (χ2v) is 9.58. The van der Waals surface area contributed by atoms with Crippen LogP contribution in [0.1, 0.15) is 20.3 Å². The van der Waals surface area contributed by atoms with E-state index in [4.69, 9.17) is 9.16 Å². The summed E-state index contributed by atoms with van der Waals surface area (Å²) in [6, 6.07) is 1.04. The SMILES string of the molecule is CO[Si](C)(C)CCCOCC(C)(O)C(C)O. The lowest BCUT2D eigenvalue weighted by Crippen LogP contribution is -2.42. The van der Waals surface area contributed by atoms with E-state index < -0.39 is 20.0 Å². The number of hydrogen-bond acceptors (Lipinski definition) is 4. The molecule has 0 aliphatic heterocycles. The molecule has 98 valence electrons. The van der Waals surface area contributed by atoms with Gasteiger partial charge >= 0.3 is 0 Å². The Morgan fingerprint density at radius 1 is 1.38 bits per heavy atom. The van der Waals surface area contributed by atoms with E-state index in [-0.39, 0.29) is 6.61 Å². The summed E-state index contributed by atoms with van der Waals surface area (Å²) in [5.74, 6) is 0. The highest BCUT2D eigenvalue weighted by Gasteiger charge is 2.27. The first-order valence-electron chi connectivity index (χ1n) is 5.74. The Bertz CT molecular complexity index is 192. The zero-order valence-electron chi connectivity index (χ0n) is 11.1. The van der Waals surface area contributed by atoms with E-state index in [1.54, 1.807) is 21.0 Å². The van der Waals surface area contributed by atoms with E-state index in [2.05, 4.69) is 13.1 Å². The lowest BCUT2D eigenvalue weighted by atomic mass is 10.0. The topological polar surface area (TPSA) is 58.9 Å². The van der Waals surface area contributed by atoms with Crippen LogP contribution in [0.25, 0.3) is 0 Å². The highest BCUT2D eigenvalue weighted by molar-refractivity contribution is 6.71. The Labute approximate surface area is 99.7 Å². The van der Waals surface area contributed by atoms with Crippen molar-refractivity contribution in [2.24, 2.45) is 0 Å². The fourth-order valence-electron chi connectivity index (χ4n) is 1.10. The molecule has 0 heterocycles. The van der Waals surface area contributed by atoms with Gasteiger partial charge in [-0.05, 0) is 39.4 Å². The first-order valence-corrected chi connectivity index (χ1v) is 8.86. The molecule has 0 aromatic carbocycles. The van der Waals surface area contributed by atoms with E-state index in [1.165, 1.54) is 0 Å². The lowest BCUT2D eigenvalue weighted by Gasteiger charge is -2.26. The van der Waals surface area contributed by atoms with Gasteiger partial charge in [-0.3, -0.25) is 0 Å². The molecule has 0 saturated heterocycles. The summed E-state index contributed by atoms with van der Waals surface area (Å²) in [5, 5.41) is 19.0. The van der Waals surface area contributed by atoms with Crippen LogP contribution in [-0.2, 0) is 9.16 Å². The second-order valence-electron chi connectivity index (χ2n) is 5.15. The standard InChI is InChI=1S/C11H26O4Si/c1-10(12)11(2,13)9-15-7-6-8-16(4,5)14-3/h10,12-13H,6-9H2,1-5H3. The van der Waals surface area contributed by atoms with Crippen LogP contribution < -0.4 is 0 Å². The summed E-state index contributed by atoms with van der Waals surface area (Å²) in [4.78, 5) is 0. The molecule has 0 bridgehead atoms. The molecular formula is C11H26O4Si. The van der Waals surface area contributed by atoms with Crippen molar-refractivity contribution in [1.29, 1.82) is 0 Å². The smallest absolute Gasteiger partial charge is 0.186 e. The number of ether oxygens (including phenoxy) is 1. The third-order valence-electron chi connectivity index (χ3n) is 2.91. The first kappa shape index (κ1) is 16.1. The van der Waals surface area contributed by atoms with Crippen molar-refractivity contribution in [2.75, 3.05) is 20.3 Å². The minimum Gasteiger partial charge on any atom is -0.420 e. The van der Waals surface area contributed by atoms with Crippen molar-refractivity contribution < 1.29 is 19.4 Å². The van der Waals surface area contributed by atoms with Crippen molar-refractivity contribution >= 4 is 8.32 Å². The van der Waals surface area contributed by atoms with E-state index in [0.29, 0.717) is 6.61 Å². The molecule has 0 aliphatic rings. The predicted molar refractivity (Wildman–Crippen MR) is 67.0 cm³/mol. The summed E-state index contributed by atoms with van der Waals surface area (Å²) in [5.41, 5.74) is -1.16. The molecule has 16 heavy (non-hydrogen) atoms. The van der Waals surface area contributed by atoms with E-state index in [1.807, 2.05) is 0 Å². The molecule has 0 rings (SSSR count). The quantitative estimate of drug-likeness (QED) is 0.505. The molecular weight excluding hydrogens is 224 g/mol. The third kappa shape index (κ3) is 6.60. The van der Waals surface area contributed by atoms with Gasteiger partial charge in [-0.1, -0.05) is 0 Å². The molecule has 2 atom stereocenters. The average Bonchev–Trinajstić information content (AvgIpc) is 2.16. The first-order chi connectivity index (χ1) is 7.21. The third-order valence-corrected chi connectivity index (χ3v) is 5.58. The van der Waals surface area contributed by atoms with Crippen molar-refractivity contribution in [1.82, 2.24) is 0 Å². The molecule has 5 heteroatoms. The Kier molecular flexibility index (Phi) is 6.73. The molecule has 0 fully saturated rings. The molecule has 0 aromatic rings. The van der Waals surface area contributed by atoms with Gasteiger partial charge < -0.3 is 19.4 Å². The van der Waals surface area contributed by atoms with Crippen LogP contribution in [0.4, 0.5) is 0 Å². The highest BCUT2D eigenvalue weighted by Crippen LogP contribution is 2.14. The van der Waals surface area contributed by atoms with Gasteiger partial charge in [0.2, 0.25) is 0 Å². The molecule has 4 nitrogen and oxygen atoms in total. The molecule has 2 N–H and O–H groups in total. The van der Waals surface area contributed by atoms with Crippen molar-refractivity contribution in [3.05, 3.63) is 0 Å². The highest BCUT2D eigenvalue weighted by atomic mass is 28.4. The monoisotopic (exact) mass is 250 g/mol. The Morgan fingerprint density at radius 2 is 1.94 bits per heavy atom. The van der Waals surface area contributed by atoms with Gasteiger partial charge in [0.25, 0.3) is 0 Å². The van der Waals surface area contributed by atoms with Gasteiger partial charge in [0.05, 0.1) is 12.7 Å². The maximum atomic E-state index is 9.71. The van der Waals surface area contributed by atoms with Crippen molar-refractivity contribution in [3.63, 3.8) is 0 Å². The van der Waals surface area contributed by atoms with Crippen molar-refractivity contribution in [2.45, 2.75) is 51.1 Å². The normalized spacial score (nSPS) is 18.2. The van der Waals surface area contributed by atoms with Gasteiger partial charge in [0, 0.05) is 13.7 Å². The number of rotatable bonds is 8. The fourth-order valence-corrected chi connectivity index (χ4v) is 2.30. The van der Waals surface area contributed by atoms with Crippen LogP contribution in [0.2, 0.25) is 19.1 Å². The molecule has 2 unspecified atom stereocenters. The van der Waals surface area contributed by atoms with Gasteiger partial charge in [-0.2, -0.15) is 0 Å². The van der Waals surface area contributed by atoms with Crippen LogP contribution in [0.3, 0.4) is 0 Å². The minimum atomic E-state index is -1.49. The van der Waals surface area contributed by atoms with E-state index >= 15 is 0 Å². The summed E-state index contributed by atoms with van der Waals surface area (Å²) >= 11 is 0. The van der Waals surface area contributed by atoms with Crippen LogP contribution in [0, 0.1) is 0 Å². The summed E-state index contributed by atoms with van der Waals surface area (Å²) < 4.78 is 10.8. The Morgan fingerprint density at radius 3 is 2.38 bits per heavy atom. The van der Waals surface area contributed by atoms with Crippen LogP contribution >= 0.6 is 0 Å². The summed E-state index contributed by atoms with van der Waals surface area (Å²) in [7, 11) is 0.268. The van der Waals surface area contributed by atoms with E-state index in [0.717, 1.165) is 12.5 Å². The predicted octanol–water partition coefficient (Wildman–Crippen LogP) is 1.38. The average molecular weight is 250 g/mol. The zero-order valence-corrected chi connectivity index (χ0v) is 12.1. The number of aliphatic hydroxyl groups is 2. The molecule has 0 aromatic heterocycles.